The zero-order valence-electron chi connectivity index (χ0n) is 59.5. The third-order valence-corrected chi connectivity index (χ3v) is 23.0. The molecule has 19 aromatic rings. The first-order valence-corrected chi connectivity index (χ1v) is 38.2. The summed E-state index contributed by atoms with van der Waals surface area (Å²) in [6.07, 6.45) is 11.1. The van der Waals surface area contributed by atoms with Gasteiger partial charge in [-0.25, -0.2) is 29.8 Å². The number of imidazole rings is 2. The second-order valence-electron chi connectivity index (χ2n) is 26.8. The van der Waals surface area contributed by atoms with Gasteiger partial charge >= 0.3 is 0 Å². The lowest BCUT2D eigenvalue weighted by Gasteiger charge is -2.21. The molecule has 0 saturated carbocycles. The lowest BCUT2D eigenvalue weighted by molar-refractivity contribution is 0.633. The van der Waals surface area contributed by atoms with E-state index in [1.807, 2.05) is 140 Å². The Morgan fingerprint density at radius 3 is 0.791 bits per heavy atom. The van der Waals surface area contributed by atoms with Crippen LogP contribution in [0.2, 0.25) is 0 Å². The van der Waals surface area contributed by atoms with E-state index in [4.69, 9.17) is 24.9 Å². The molecule has 110 heavy (non-hydrogen) atoms. The van der Waals surface area contributed by atoms with Crippen LogP contribution in [-0.2, 0) is 0 Å². The van der Waals surface area contributed by atoms with Gasteiger partial charge in [-0.1, -0.05) is 206 Å². The highest BCUT2D eigenvalue weighted by molar-refractivity contribution is 7.91. The van der Waals surface area contributed by atoms with Crippen molar-refractivity contribution in [3.63, 3.8) is 0 Å². The minimum Gasteiger partial charge on any atom is -0.292 e. The smallest absolute Gasteiger partial charge is 0.238 e. The second kappa shape index (κ2) is 30.3. The van der Waals surface area contributed by atoms with Gasteiger partial charge in [0.25, 0.3) is 0 Å². The number of hydrogen-bond acceptors (Lipinski definition) is 9. The number of benzene rings is 13. The molecule has 0 unspecified atom stereocenters. The van der Waals surface area contributed by atoms with Gasteiger partial charge in [0.05, 0.1) is 22.1 Å². The third kappa shape index (κ3) is 13.8. The molecule has 0 amide bonds. The number of nitrogens with zero attached hydrogens (tertiary/aromatic N) is 10. The van der Waals surface area contributed by atoms with Gasteiger partial charge in [0.1, 0.15) is 27.6 Å². The van der Waals surface area contributed by atoms with E-state index in [-0.39, 0.29) is 0 Å². The summed E-state index contributed by atoms with van der Waals surface area (Å²) in [5.74, 6) is 3.49. The molecule has 0 bridgehead atoms. The standard InChI is InChI=1S/C54H36N6.C44H32N4OP/c1-10-37(28-43(16-1)49-22-7-25-55-34-49)40-13-4-19-46(31-40)52-58-53(47-20-5-14-41(32-47)38-11-2-17-44(29-38)50-23-8-26-56-35-50)60-54(59-52)48-21-6-15-42(33-48)39-12-3-18-45(30-39)51-24-9-27-57-36-51;49-50(36-18-8-3-9-19-36,37-28-24-32(25-29-37)43-45-39-20-10-12-22-41(39)47(43)34-14-4-1-5-15-34)38-30-26-33(27-31-38)44-46-40-21-11-13-23-42(40)48(44)35-16-6-2-7-17-35/h1-36H;1-31,49H/q;+1. The summed E-state index contributed by atoms with van der Waals surface area (Å²) in [5, 5.41) is 2.65. The maximum absolute atomic E-state index is 12.9. The number of hydrogen-bond donors (Lipinski definition) is 1. The van der Waals surface area contributed by atoms with Crippen molar-refractivity contribution >= 4 is 45.5 Å². The number of pyridine rings is 3. The summed E-state index contributed by atoms with van der Waals surface area (Å²) >= 11 is 0. The van der Waals surface area contributed by atoms with Crippen molar-refractivity contribution in [3.05, 3.63) is 407 Å². The molecule has 19 rings (SSSR count). The average molecular weight is 1430 g/mol. The van der Waals surface area contributed by atoms with E-state index in [2.05, 4.69) is 273 Å². The molecule has 0 aliphatic heterocycles. The highest BCUT2D eigenvalue weighted by Gasteiger charge is 2.44. The molecule has 0 fully saturated rings. The van der Waals surface area contributed by atoms with Gasteiger partial charge in [-0.05, 0) is 214 Å². The van der Waals surface area contributed by atoms with E-state index in [1.54, 1.807) is 18.6 Å². The summed E-state index contributed by atoms with van der Waals surface area (Å²) in [6.45, 7) is 0. The highest BCUT2D eigenvalue weighted by Crippen LogP contribution is 2.51. The highest BCUT2D eigenvalue weighted by atomic mass is 31.2. The Hall–Kier alpha value is -14.4. The summed E-state index contributed by atoms with van der Waals surface area (Å²) in [7, 11) is -3.00. The lowest BCUT2D eigenvalue weighted by atomic mass is 9.98. The van der Waals surface area contributed by atoms with E-state index >= 15 is 0 Å². The molecule has 11 nitrogen and oxygen atoms in total. The quantitative estimate of drug-likeness (QED) is 0.0939. The van der Waals surface area contributed by atoms with Crippen LogP contribution >= 0.6 is 7.49 Å². The average Bonchev–Trinajstić information content (AvgIpc) is 1.27. The molecule has 0 aliphatic rings. The van der Waals surface area contributed by atoms with Gasteiger partial charge in [-0.15, -0.1) is 0 Å². The van der Waals surface area contributed by atoms with Crippen molar-refractivity contribution in [2.24, 2.45) is 0 Å². The molecule has 0 atom stereocenters. The third-order valence-electron chi connectivity index (χ3n) is 19.8. The number of para-hydroxylation sites is 6. The normalized spacial score (nSPS) is 11.3. The van der Waals surface area contributed by atoms with Gasteiger partial charge in [-0.3, -0.25) is 24.1 Å². The predicted octanol–water partition coefficient (Wildman–Crippen LogP) is 22.0. The van der Waals surface area contributed by atoms with Gasteiger partial charge in [0, 0.05) is 93.1 Å². The van der Waals surface area contributed by atoms with E-state index in [9.17, 15) is 4.89 Å². The fourth-order valence-corrected chi connectivity index (χ4v) is 17.0. The Bertz CT molecular complexity index is 5960. The van der Waals surface area contributed by atoms with Gasteiger partial charge in [0.15, 0.2) is 17.5 Å². The zero-order valence-corrected chi connectivity index (χ0v) is 60.4. The van der Waals surface area contributed by atoms with Crippen LogP contribution < -0.4 is 15.9 Å². The first-order chi connectivity index (χ1) is 54.4. The molecule has 6 aromatic heterocycles. The van der Waals surface area contributed by atoms with E-state index in [0.29, 0.717) is 17.5 Å². The Morgan fingerprint density at radius 2 is 0.473 bits per heavy atom. The van der Waals surface area contributed by atoms with Crippen LogP contribution in [-0.4, -0.2) is 53.9 Å². The topological polar surface area (TPSA) is 133 Å². The molecule has 6 heterocycles. The maximum Gasteiger partial charge on any atom is 0.238 e. The van der Waals surface area contributed by atoms with Gasteiger partial charge < -0.3 is 0 Å². The number of aromatic nitrogens is 10. The lowest BCUT2D eigenvalue weighted by Crippen LogP contribution is -2.30. The van der Waals surface area contributed by atoms with Crippen LogP contribution in [0.1, 0.15) is 0 Å². The Kier molecular flexibility index (Phi) is 18.6. The number of rotatable bonds is 16. The molecular weight excluding hydrogens is 1360 g/mol. The second-order valence-corrected chi connectivity index (χ2v) is 29.6. The van der Waals surface area contributed by atoms with Gasteiger partial charge in [-0.2, -0.15) is 0 Å². The SMILES string of the molecule is O[P+](c1ccccc1)(c1ccc(-c2nc3ccccc3n2-c2ccccc2)cc1)c1ccc(-c2nc3ccccc3n2-c2ccccc2)cc1.c1cncc(-c2cccc(-c3cccc(-c4nc(-c5cccc(-c6cccc(-c7cccnc7)c6)c5)nc(-c5cccc(-c6cccc(-c7cccnc7)c6)c5)n4)c3)c2)c1. The fraction of sp³-hybridized carbons (Fsp3) is 0. The van der Waals surface area contributed by atoms with Crippen molar-refractivity contribution in [2.45, 2.75) is 0 Å². The minimum absolute atomic E-state index is 0.591. The zero-order chi connectivity index (χ0) is 73.6. The summed E-state index contributed by atoms with van der Waals surface area (Å²) in [4.78, 5) is 51.6. The summed E-state index contributed by atoms with van der Waals surface area (Å²) in [6, 6.07) is 127. The summed E-state index contributed by atoms with van der Waals surface area (Å²) < 4.78 is 4.40. The monoisotopic (exact) mass is 1430 g/mol. The molecule has 0 spiro atoms. The molecule has 0 aliphatic carbocycles. The molecule has 0 saturated heterocycles. The van der Waals surface area contributed by atoms with E-state index in [0.717, 1.165) is 156 Å². The van der Waals surface area contributed by atoms with E-state index in [1.165, 1.54) is 0 Å². The largest absolute Gasteiger partial charge is 0.292 e. The van der Waals surface area contributed by atoms with Crippen LogP contribution in [0.3, 0.4) is 0 Å². The van der Waals surface area contributed by atoms with Crippen molar-refractivity contribution in [3.8, 4) is 135 Å². The molecule has 13 aromatic carbocycles. The van der Waals surface area contributed by atoms with Gasteiger partial charge in [0.2, 0.25) is 7.49 Å². The Balaban J connectivity index is 0.000000157. The predicted molar refractivity (Wildman–Crippen MR) is 450 cm³/mol. The molecule has 520 valence electrons. The Morgan fingerprint density at radius 1 is 0.209 bits per heavy atom. The molecule has 0 radical (unpaired) electrons. The Labute approximate surface area is 637 Å². The van der Waals surface area contributed by atoms with Crippen LogP contribution in [0.15, 0.2) is 407 Å². The van der Waals surface area contributed by atoms with Crippen LogP contribution in [0.25, 0.3) is 157 Å². The fourth-order valence-electron chi connectivity index (χ4n) is 14.4. The van der Waals surface area contributed by atoms with E-state index < -0.39 is 7.49 Å². The number of fused-ring (bicyclic) bond motifs is 2. The van der Waals surface area contributed by atoms with Crippen LogP contribution in [0, 0.1) is 0 Å². The van der Waals surface area contributed by atoms with Crippen molar-refractivity contribution in [1.29, 1.82) is 0 Å². The molecule has 1 N–H and O–H groups in total. The van der Waals surface area contributed by atoms with Crippen molar-refractivity contribution in [2.75, 3.05) is 0 Å². The first kappa shape index (κ1) is 67.5. The van der Waals surface area contributed by atoms with Crippen LogP contribution in [0.4, 0.5) is 0 Å². The molecular formula is C98H68N10OP+. The summed E-state index contributed by atoms with van der Waals surface area (Å²) in [5.41, 5.74) is 23.7. The first-order valence-electron chi connectivity index (χ1n) is 36.4. The minimum atomic E-state index is -3.00. The van der Waals surface area contributed by atoms with Crippen LogP contribution in [0.5, 0.6) is 0 Å². The molecule has 12 heteroatoms. The van der Waals surface area contributed by atoms with Crippen molar-refractivity contribution < 1.29 is 4.89 Å². The van der Waals surface area contributed by atoms with Crippen molar-refractivity contribution in [1.82, 2.24) is 49.0 Å². The maximum atomic E-state index is 12.9.